The van der Waals surface area contributed by atoms with Crippen molar-refractivity contribution >= 4 is 28.9 Å². The highest BCUT2D eigenvalue weighted by Crippen LogP contribution is 2.31. The zero-order valence-electron chi connectivity index (χ0n) is 15.7. The van der Waals surface area contributed by atoms with Gasteiger partial charge in [-0.25, -0.2) is 9.97 Å². The molecule has 2 aliphatic heterocycles. The monoisotopic (exact) mass is 387 g/mol. The summed E-state index contributed by atoms with van der Waals surface area (Å²) in [5.74, 6) is 1.88. The van der Waals surface area contributed by atoms with Gasteiger partial charge in [-0.2, -0.15) is 0 Å². The number of aliphatic hydroxyl groups is 1. The molecule has 2 saturated heterocycles. The summed E-state index contributed by atoms with van der Waals surface area (Å²) in [6, 6.07) is 8.30. The average molecular weight is 388 g/mol. The third kappa shape index (κ3) is 3.69. The van der Waals surface area contributed by atoms with Gasteiger partial charge in [-0.3, -0.25) is 0 Å². The molecule has 1 atom stereocenters. The smallest absolute Gasteiger partial charge is 0.134 e. The zero-order chi connectivity index (χ0) is 18.8. The minimum absolute atomic E-state index is 0.174. The second kappa shape index (κ2) is 7.90. The molecule has 0 bridgehead atoms. The van der Waals surface area contributed by atoms with Gasteiger partial charge in [0.05, 0.1) is 23.4 Å². The molecule has 0 spiro atoms. The molecule has 6 nitrogen and oxygen atoms in total. The Morgan fingerprint density at radius 3 is 2.56 bits per heavy atom. The van der Waals surface area contributed by atoms with E-state index in [1.54, 1.807) is 6.33 Å². The van der Waals surface area contributed by atoms with Crippen molar-refractivity contribution in [3.05, 3.63) is 41.2 Å². The second-order valence-electron chi connectivity index (χ2n) is 7.29. The summed E-state index contributed by atoms with van der Waals surface area (Å²) in [5, 5.41) is 10.4. The summed E-state index contributed by atoms with van der Waals surface area (Å²) in [6.45, 7) is 6.84. The predicted molar refractivity (Wildman–Crippen MR) is 110 cm³/mol. The standard InChI is InChI=1S/C20H26ClN5O/c1-15-4-2-6-17(21)20(15)25-10-8-24(9-11-25)18-12-19(23-14-22-18)26-7-3-5-16(26)13-27/h2,4,6,12,14,16,27H,3,5,7-11,13H2,1H3. The number of anilines is 3. The van der Waals surface area contributed by atoms with Crippen molar-refractivity contribution in [3.63, 3.8) is 0 Å². The van der Waals surface area contributed by atoms with Crippen LogP contribution in [0.1, 0.15) is 18.4 Å². The van der Waals surface area contributed by atoms with Crippen LogP contribution in [0.5, 0.6) is 0 Å². The van der Waals surface area contributed by atoms with E-state index in [0.29, 0.717) is 0 Å². The summed E-state index contributed by atoms with van der Waals surface area (Å²) in [6.07, 6.45) is 3.76. The minimum Gasteiger partial charge on any atom is -0.394 e. The molecule has 3 heterocycles. The van der Waals surface area contributed by atoms with Crippen LogP contribution in [0.2, 0.25) is 5.02 Å². The lowest BCUT2D eigenvalue weighted by Gasteiger charge is -2.38. The van der Waals surface area contributed by atoms with Gasteiger partial charge in [-0.05, 0) is 31.4 Å². The molecule has 7 heteroatoms. The SMILES string of the molecule is Cc1cccc(Cl)c1N1CCN(c2cc(N3CCCC3CO)ncn2)CC1. The summed E-state index contributed by atoms with van der Waals surface area (Å²) < 4.78 is 0. The molecular weight excluding hydrogens is 362 g/mol. The van der Waals surface area contributed by atoms with Crippen molar-refractivity contribution in [1.82, 2.24) is 9.97 Å². The Hall–Kier alpha value is -2.05. The molecule has 0 aliphatic carbocycles. The van der Waals surface area contributed by atoms with Crippen LogP contribution in [0.15, 0.2) is 30.6 Å². The lowest BCUT2D eigenvalue weighted by Crippen LogP contribution is -2.47. The fraction of sp³-hybridized carbons (Fsp3) is 0.500. The number of para-hydroxylation sites is 1. The maximum Gasteiger partial charge on any atom is 0.134 e. The number of hydrogen-bond acceptors (Lipinski definition) is 6. The van der Waals surface area contributed by atoms with E-state index in [9.17, 15) is 5.11 Å². The van der Waals surface area contributed by atoms with Gasteiger partial charge in [-0.15, -0.1) is 0 Å². The summed E-state index contributed by atoms with van der Waals surface area (Å²) in [7, 11) is 0. The van der Waals surface area contributed by atoms with Gasteiger partial charge >= 0.3 is 0 Å². The molecular formula is C20H26ClN5O. The Morgan fingerprint density at radius 2 is 1.81 bits per heavy atom. The molecule has 1 N–H and O–H groups in total. The zero-order valence-corrected chi connectivity index (χ0v) is 16.4. The number of rotatable bonds is 4. The highest BCUT2D eigenvalue weighted by molar-refractivity contribution is 6.33. The van der Waals surface area contributed by atoms with E-state index in [1.165, 1.54) is 5.56 Å². The Balaban J connectivity index is 1.46. The predicted octanol–water partition coefficient (Wildman–Crippen LogP) is 2.73. The number of nitrogens with zero attached hydrogens (tertiary/aromatic N) is 5. The quantitative estimate of drug-likeness (QED) is 0.870. The van der Waals surface area contributed by atoms with Crippen LogP contribution in [-0.2, 0) is 0 Å². The largest absolute Gasteiger partial charge is 0.394 e. The number of halogens is 1. The number of aryl methyl sites for hydroxylation is 1. The highest BCUT2D eigenvalue weighted by Gasteiger charge is 2.26. The lowest BCUT2D eigenvalue weighted by molar-refractivity contribution is 0.266. The number of aromatic nitrogens is 2. The first kappa shape index (κ1) is 18.3. The second-order valence-corrected chi connectivity index (χ2v) is 7.69. The first-order valence-electron chi connectivity index (χ1n) is 9.62. The van der Waals surface area contributed by atoms with Crippen molar-refractivity contribution in [2.24, 2.45) is 0 Å². The molecule has 0 radical (unpaired) electrons. The summed E-state index contributed by atoms with van der Waals surface area (Å²) in [4.78, 5) is 15.8. The molecule has 0 amide bonds. The van der Waals surface area contributed by atoms with E-state index < -0.39 is 0 Å². The van der Waals surface area contributed by atoms with Crippen LogP contribution in [-0.4, -0.2) is 60.4 Å². The van der Waals surface area contributed by atoms with Crippen molar-refractivity contribution in [3.8, 4) is 0 Å². The van der Waals surface area contributed by atoms with Crippen LogP contribution in [0.25, 0.3) is 0 Å². The van der Waals surface area contributed by atoms with Gasteiger partial charge in [0.15, 0.2) is 0 Å². The van der Waals surface area contributed by atoms with Gasteiger partial charge in [-0.1, -0.05) is 23.7 Å². The van der Waals surface area contributed by atoms with Crippen LogP contribution >= 0.6 is 11.6 Å². The van der Waals surface area contributed by atoms with Crippen molar-refractivity contribution < 1.29 is 5.11 Å². The molecule has 1 aromatic carbocycles. The minimum atomic E-state index is 0.174. The molecule has 2 aromatic rings. The Kier molecular flexibility index (Phi) is 5.36. The van der Waals surface area contributed by atoms with Gasteiger partial charge in [0.1, 0.15) is 18.0 Å². The molecule has 2 aliphatic rings. The first-order chi connectivity index (χ1) is 13.2. The fourth-order valence-electron chi connectivity index (χ4n) is 4.18. The fourth-order valence-corrected chi connectivity index (χ4v) is 4.52. The molecule has 4 rings (SSSR count). The molecule has 27 heavy (non-hydrogen) atoms. The number of hydrogen-bond donors (Lipinski definition) is 1. The maximum absolute atomic E-state index is 9.59. The van der Waals surface area contributed by atoms with Crippen LogP contribution in [0, 0.1) is 6.92 Å². The molecule has 144 valence electrons. The van der Waals surface area contributed by atoms with Gasteiger partial charge in [0, 0.05) is 38.8 Å². The lowest BCUT2D eigenvalue weighted by atomic mass is 10.1. The summed E-state index contributed by atoms with van der Waals surface area (Å²) >= 11 is 6.44. The Labute approximate surface area is 165 Å². The van der Waals surface area contributed by atoms with Crippen LogP contribution < -0.4 is 14.7 Å². The number of aliphatic hydroxyl groups excluding tert-OH is 1. The Morgan fingerprint density at radius 1 is 1.07 bits per heavy atom. The molecule has 0 saturated carbocycles. The number of benzene rings is 1. The topological polar surface area (TPSA) is 55.7 Å². The van der Waals surface area contributed by atoms with Crippen molar-refractivity contribution in [1.29, 1.82) is 0 Å². The van der Waals surface area contributed by atoms with Gasteiger partial charge < -0.3 is 19.8 Å². The third-order valence-electron chi connectivity index (χ3n) is 5.63. The molecule has 2 fully saturated rings. The molecule has 1 aromatic heterocycles. The van der Waals surface area contributed by atoms with E-state index in [0.717, 1.165) is 67.9 Å². The highest BCUT2D eigenvalue weighted by atomic mass is 35.5. The summed E-state index contributed by atoms with van der Waals surface area (Å²) in [5.41, 5.74) is 2.36. The van der Waals surface area contributed by atoms with Crippen LogP contribution in [0.4, 0.5) is 17.3 Å². The Bertz CT molecular complexity index is 773. The maximum atomic E-state index is 9.59. The van der Waals surface area contributed by atoms with Crippen molar-refractivity contribution in [2.45, 2.75) is 25.8 Å². The van der Waals surface area contributed by atoms with Crippen molar-refractivity contribution in [2.75, 3.05) is 54.0 Å². The van der Waals surface area contributed by atoms with E-state index in [-0.39, 0.29) is 12.6 Å². The van der Waals surface area contributed by atoms with E-state index in [1.807, 2.05) is 12.1 Å². The first-order valence-corrected chi connectivity index (χ1v) is 9.99. The van der Waals surface area contributed by atoms with Gasteiger partial charge in [0.2, 0.25) is 0 Å². The van der Waals surface area contributed by atoms with E-state index in [4.69, 9.17) is 11.6 Å². The van der Waals surface area contributed by atoms with E-state index in [2.05, 4.69) is 43.7 Å². The van der Waals surface area contributed by atoms with Gasteiger partial charge in [0.25, 0.3) is 0 Å². The molecule has 1 unspecified atom stereocenters. The average Bonchev–Trinajstić information content (AvgIpc) is 3.17. The third-order valence-corrected chi connectivity index (χ3v) is 5.93. The van der Waals surface area contributed by atoms with E-state index >= 15 is 0 Å². The van der Waals surface area contributed by atoms with Crippen LogP contribution in [0.3, 0.4) is 0 Å². The normalized spacial score (nSPS) is 20.4. The number of piperazine rings is 1.